The Bertz CT molecular complexity index is 2530. The summed E-state index contributed by atoms with van der Waals surface area (Å²) < 4.78 is 83.4. The topological polar surface area (TPSA) is 173 Å². The van der Waals surface area contributed by atoms with Crippen molar-refractivity contribution in [1.82, 2.24) is 20.3 Å². The quantitative estimate of drug-likeness (QED) is 0.0244. The monoisotopic (exact) mass is 910 g/mol. The molecule has 0 aliphatic heterocycles. The highest BCUT2D eigenvalue weighted by Gasteiger charge is 2.49. The van der Waals surface area contributed by atoms with Crippen LogP contribution in [0.5, 0.6) is 5.75 Å². The van der Waals surface area contributed by atoms with Gasteiger partial charge in [0.2, 0.25) is 0 Å². The zero-order valence-corrected chi connectivity index (χ0v) is 35.2. The van der Waals surface area contributed by atoms with Gasteiger partial charge in [-0.2, -0.15) is 21.6 Å². The lowest BCUT2D eigenvalue weighted by molar-refractivity contribution is -0.0500. The Balaban J connectivity index is 1.50. The van der Waals surface area contributed by atoms with Crippen LogP contribution in [-0.4, -0.2) is 73.5 Å². The number of amides is 1. The number of esters is 2. The third-order valence-electron chi connectivity index (χ3n) is 8.67. The van der Waals surface area contributed by atoms with Crippen molar-refractivity contribution in [1.29, 1.82) is 0 Å². The second kappa shape index (κ2) is 19.1. The zero-order valence-electron chi connectivity index (χ0n) is 32.0. The number of benzene rings is 3. The van der Waals surface area contributed by atoms with Gasteiger partial charge in [0.1, 0.15) is 28.0 Å². The number of halogens is 3. The smallest absolute Gasteiger partial charge is 0.464 e. The van der Waals surface area contributed by atoms with E-state index in [1.807, 2.05) is 91.0 Å². The first-order valence-corrected chi connectivity index (χ1v) is 21.9. The molecule has 20 heteroatoms. The maximum atomic E-state index is 13.5. The molecule has 61 heavy (non-hydrogen) atoms. The van der Waals surface area contributed by atoms with Crippen LogP contribution in [0, 0.1) is 0 Å². The standard InChI is InChI=1S/C41H33F3N4O9S4/c1-4-20-56-39(51)47-30(24-60-40(25-14-8-5-9-15-25,26-16-10-6-11-17-26)27-18-12-7-13-19-27)36-45-29(22-59-36)33-28(35-46-31(23-58-35)37(49)54-2)21-32(34(48-33)38(50)55-3)57-61(52,53)41(42,43)44/h4-19,21-23,30H,1,20,24H2,2-3H3,(H,47,51)/t30-/m0/s1. The van der Waals surface area contributed by atoms with Gasteiger partial charge in [0.15, 0.2) is 17.1 Å². The van der Waals surface area contributed by atoms with Crippen molar-refractivity contribution < 1.29 is 54.4 Å². The Hall–Kier alpha value is -6.09. The van der Waals surface area contributed by atoms with Crippen molar-refractivity contribution in [3.63, 3.8) is 0 Å². The molecule has 3 aromatic heterocycles. The maximum Gasteiger partial charge on any atom is 0.534 e. The number of alkyl halides is 3. The number of hydrogen-bond donors (Lipinski definition) is 1. The van der Waals surface area contributed by atoms with Crippen LogP contribution in [0.15, 0.2) is 120 Å². The molecule has 0 fully saturated rings. The van der Waals surface area contributed by atoms with E-state index in [2.05, 4.69) is 26.0 Å². The molecule has 316 valence electrons. The fourth-order valence-corrected chi connectivity index (χ4v) is 9.74. The van der Waals surface area contributed by atoms with E-state index in [0.29, 0.717) is 5.01 Å². The molecule has 0 aliphatic rings. The van der Waals surface area contributed by atoms with Gasteiger partial charge in [0.05, 0.1) is 25.0 Å². The molecule has 0 bridgehead atoms. The van der Waals surface area contributed by atoms with Crippen LogP contribution in [-0.2, 0) is 29.1 Å². The van der Waals surface area contributed by atoms with E-state index in [1.54, 1.807) is 0 Å². The number of aromatic nitrogens is 3. The average molecular weight is 911 g/mol. The molecule has 13 nitrogen and oxygen atoms in total. The van der Waals surface area contributed by atoms with E-state index in [4.69, 9.17) is 19.2 Å². The molecule has 6 rings (SSSR count). The lowest BCUT2D eigenvalue weighted by atomic mass is 9.84. The number of thiazole rings is 2. The first-order chi connectivity index (χ1) is 29.2. The van der Waals surface area contributed by atoms with E-state index in [0.717, 1.165) is 59.6 Å². The molecular weight excluding hydrogens is 878 g/mol. The van der Waals surface area contributed by atoms with Crippen molar-refractivity contribution in [3.05, 3.63) is 154 Å². The van der Waals surface area contributed by atoms with Gasteiger partial charge in [-0.15, -0.1) is 34.4 Å². The summed E-state index contributed by atoms with van der Waals surface area (Å²) in [5.74, 6) is -3.14. The normalized spacial score (nSPS) is 12.2. The second-order valence-corrected chi connectivity index (χ2v) is 17.0. The summed E-state index contributed by atoms with van der Waals surface area (Å²) in [7, 11) is -4.30. The minimum atomic E-state index is -6.32. The van der Waals surface area contributed by atoms with Crippen molar-refractivity contribution >= 4 is 62.6 Å². The number of nitrogens with one attached hydrogen (secondary N) is 1. The number of pyridine rings is 1. The van der Waals surface area contributed by atoms with Gasteiger partial charge in [-0.3, -0.25) is 0 Å². The number of nitrogens with zero attached hydrogens (tertiary/aromatic N) is 3. The van der Waals surface area contributed by atoms with Crippen molar-refractivity contribution in [2.75, 3.05) is 26.6 Å². The van der Waals surface area contributed by atoms with E-state index >= 15 is 0 Å². The number of carbonyl (C=O) groups excluding carboxylic acids is 3. The molecule has 6 aromatic rings. The summed E-state index contributed by atoms with van der Waals surface area (Å²) in [6.07, 6.45) is 0.615. The summed E-state index contributed by atoms with van der Waals surface area (Å²) in [6, 6.07) is 29.4. The van der Waals surface area contributed by atoms with Gasteiger partial charge in [-0.25, -0.2) is 29.3 Å². The van der Waals surface area contributed by atoms with Crippen molar-refractivity contribution in [3.8, 4) is 27.7 Å². The molecule has 3 aromatic carbocycles. The molecular formula is C41H33F3N4O9S4. The summed E-state index contributed by atoms with van der Waals surface area (Å²) in [5.41, 5.74) is -4.50. The Morgan fingerprint density at radius 3 is 1.93 bits per heavy atom. The fourth-order valence-electron chi connectivity index (χ4n) is 5.95. The number of alkyl carbamates (subject to hydrolysis) is 1. The van der Waals surface area contributed by atoms with E-state index in [9.17, 15) is 36.0 Å². The van der Waals surface area contributed by atoms with Crippen molar-refractivity contribution in [2.24, 2.45) is 0 Å². The predicted octanol–water partition coefficient (Wildman–Crippen LogP) is 8.81. The molecule has 0 saturated heterocycles. The second-order valence-electron chi connectivity index (χ2n) is 12.5. The number of carbonyl (C=O) groups is 3. The predicted molar refractivity (Wildman–Crippen MR) is 224 cm³/mol. The highest BCUT2D eigenvalue weighted by atomic mass is 32.2. The SMILES string of the molecule is C=CCOC(=O)N[C@@H](CSC(c1ccccc1)(c1ccccc1)c1ccccc1)c1nc(-c2nc(C(=O)OC)c(OS(=O)(=O)C(F)(F)F)cc2-c2nc(C(=O)OC)cs2)cs1. The van der Waals surface area contributed by atoms with Gasteiger partial charge >= 0.3 is 33.7 Å². The van der Waals surface area contributed by atoms with Crippen molar-refractivity contribution in [2.45, 2.75) is 16.3 Å². The van der Waals surface area contributed by atoms with E-state index < -0.39 is 55.9 Å². The van der Waals surface area contributed by atoms with Gasteiger partial charge < -0.3 is 23.7 Å². The minimum Gasteiger partial charge on any atom is -0.464 e. The Morgan fingerprint density at radius 1 is 0.836 bits per heavy atom. The molecule has 0 radical (unpaired) electrons. The number of methoxy groups -OCH3 is 2. The highest BCUT2D eigenvalue weighted by Crippen LogP contribution is 2.50. The molecule has 3 heterocycles. The number of rotatable bonds is 16. The molecule has 0 aliphatic carbocycles. The third kappa shape index (κ3) is 9.77. The summed E-state index contributed by atoms with van der Waals surface area (Å²) in [4.78, 5) is 51.8. The van der Waals surface area contributed by atoms with Gasteiger partial charge in [0, 0.05) is 22.1 Å². The minimum absolute atomic E-state index is 0.0249. The van der Waals surface area contributed by atoms with Crippen LogP contribution in [0.4, 0.5) is 18.0 Å². The average Bonchev–Trinajstić information content (AvgIpc) is 3.97. The van der Waals surface area contributed by atoms with Crippen LogP contribution in [0.3, 0.4) is 0 Å². The first-order valence-electron chi connectivity index (χ1n) is 17.7. The molecule has 1 N–H and O–H groups in total. The van der Waals surface area contributed by atoms with Crippen LogP contribution < -0.4 is 9.50 Å². The van der Waals surface area contributed by atoms with Gasteiger partial charge in [0.25, 0.3) is 0 Å². The number of thioether (sulfide) groups is 1. The molecule has 0 unspecified atom stereocenters. The third-order valence-corrected chi connectivity index (χ3v) is 13.1. The Morgan fingerprint density at radius 2 is 1.41 bits per heavy atom. The fraction of sp³-hybridized carbons (Fsp3) is 0.171. The van der Waals surface area contributed by atoms with Gasteiger partial charge in [-0.1, -0.05) is 104 Å². The summed E-state index contributed by atoms with van der Waals surface area (Å²) in [6.45, 7) is 3.50. The summed E-state index contributed by atoms with van der Waals surface area (Å²) in [5, 5.41) is 5.94. The number of ether oxygens (including phenoxy) is 3. The number of hydrogen-bond acceptors (Lipinski definition) is 15. The Labute approximate surface area is 359 Å². The van der Waals surface area contributed by atoms with Gasteiger partial charge in [-0.05, 0) is 22.8 Å². The molecule has 0 spiro atoms. The molecule has 1 atom stereocenters. The largest absolute Gasteiger partial charge is 0.534 e. The van der Waals surface area contributed by atoms with E-state index in [-0.39, 0.29) is 40.0 Å². The molecule has 1 amide bonds. The Kier molecular flexibility index (Phi) is 13.9. The highest BCUT2D eigenvalue weighted by molar-refractivity contribution is 8.00. The lowest BCUT2D eigenvalue weighted by Crippen LogP contribution is -2.33. The van der Waals surface area contributed by atoms with Crippen LogP contribution in [0.25, 0.3) is 22.0 Å². The maximum absolute atomic E-state index is 13.5. The summed E-state index contributed by atoms with van der Waals surface area (Å²) >= 11 is 3.42. The van der Waals surface area contributed by atoms with Crippen LogP contribution in [0.1, 0.15) is 48.7 Å². The first kappa shape index (κ1) is 44.5. The molecule has 0 saturated carbocycles. The van der Waals surface area contributed by atoms with Crippen LogP contribution in [0.2, 0.25) is 0 Å². The lowest BCUT2D eigenvalue weighted by Gasteiger charge is -2.36. The van der Waals surface area contributed by atoms with Crippen LogP contribution >= 0.6 is 34.4 Å². The zero-order chi connectivity index (χ0) is 43.8. The van der Waals surface area contributed by atoms with E-state index in [1.165, 1.54) is 28.6 Å².